The number of methoxy groups -OCH3 is 1. The van der Waals surface area contributed by atoms with E-state index in [-0.39, 0.29) is 22.8 Å². The molecule has 1 unspecified atom stereocenters. The lowest BCUT2D eigenvalue weighted by Gasteiger charge is -2.47. The second kappa shape index (κ2) is 10.1. The van der Waals surface area contributed by atoms with Crippen molar-refractivity contribution >= 4 is 24.4 Å². The third kappa shape index (κ3) is 4.42. The van der Waals surface area contributed by atoms with E-state index in [2.05, 4.69) is 99.6 Å². The molecule has 0 N–H and O–H groups in total. The van der Waals surface area contributed by atoms with Gasteiger partial charge in [-0.15, -0.1) is 0 Å². The minimum atomic E-state index is -2.37. The van der Waals surface area contributed by atoms with Crippen LogP contribution in [0, 0.1) is 5.92 Å². The van der Waals surface area contributed by atoms with E-state index in [0.717, 1.165) is 24.8 Å². The zero-order chi connectivity index (χ0) is 24.2. The minimum absolute atomic E-state index is 0.0525. The molecule has 0 aliphatic heterocycles. The Balaban J connectivity index is 1.94. The van der Waals surface area contributed by atoms with Crippen molar-refractivity contribution in [2.45, 2.75) is 51.0 Å². The van der Waals surface area contributed by atoms with Crippen LogP contribution in [0.1, 0.15) is 51.5 Å². The Hall–Kier alpha value is -2.91. The van der Waals surface area contributed by atoms with Crippen molar-refractivity contribution in [1.29, 1.82) is 0 Å². The minimum Gasteiger partial charge on any atom is -0.469 e. The van der Waals surface area contributed by atoms with Gasteiger partial charge in [0.05, 0.1) is 13.0 Å². The fourth-order valence-electron chi connectivity index (χ4n) is 6.14. The van der Waals surface area contributed by atoms with Gasteiger partial charge in [-0.3, -0.25) is 4.79 Å². The molecule has 4 rings (SSSR count). The molecule has 0 heterocycles. The zero-order valence-corrected chi connectivity index (χ0v) is 21.8. The lowest BCUT2D eigenvalue weighted by molar-refractivity contribution is -0.143. The quantitative estimate of drug-likeness (QED) is 0.315. The van der Waals surface area contributed by atoms with Gasteiger partial charge in [0, 0.05) is 0 Å². The molecule has 0 fully saturated rings. The molecule has 2 atom stereocenters. The molecule has 0 bridgehead atoms. The average Bonchev–Trinajstić information content (AvgIpc) is 2.86. The molecule has 34 heavy (non-hydrogen) atoms. The van der Waals surface area contributed by atoms with E-state index < -0.39 is 8.07 Å². The molecule has 0 spiro atoms. The predicted octanol–water partition coefficient (Wildman–Crippen LogP) is 6.27. The summed E-state index contributed by atoms with van der Waals surface area (Å²) in [5, 5.41) is 4.47. The van der Waals surface area contributed by atoms with Crippen LogP contribution in [0.5, 0.6) is 0 Å². The van der Waals surface area contributed by atoms with Crippen LogP contribution < -0.4 is 10.4 Å². The summed E-state index contributed by atoms with van der Waals surface area (Å²) in [6.45, 7) is 7.20. The van der Waals surface area contributed by atoms with Crippen molar-refractivity contribution in [2.24, 2.45) is 5.92 Å². The maximum absolute atomic E-state index is 13.1. The number of hydrogen-bond acceptors (Lipinski definition) is 2. The van der Waals surface area contributed by atoms with E-state index in [1.54, 1.807) is 5.20 Å². The molecule has 0 amide bonds. The standard InChI is InChI=1S/C31H36O2Si/c1-31(2,3)34(26-18-10-6-11-19-26,27-20-12-7-13-21-27)28-22-14-17-25(23-28)29(30(32)33-4)24-15-8-5-9-16-24/h5-13,15-16,18-21,23,25,29H,14,17,22H2,1-4H3/t25-,29?/m0/s1. The number of esters is 1. The maximum atomic E-state index is 13.1. The van der Waals surface area contributed by atoms with Crippen LogP contribution in [0.15, 0.2) is 102 Å². The zero-order valence-electron chi connectivity index (χ0n) is 20.8. The summed E-state index contributed by atoms with van der Waals surface area (Å²) in [4.78, 5) is 13.1. The second-order valence-corrected chi connectivity index (χ2v) is 15.2. The van der Waals surface area contributed by atoms with Crippen LogP contribution >= 0.6 is 0 Å². The Kier molecular flexibility index (Phi) is 7.23. The third-order valence-electron chi connectivity index (χ3n) is 7.46. The Morgan fingerprint density at radius 3 is 1.82 bits per heavy atom. The smallest absolute Gasteiger partial charge is 0.313 e. The molecule has 0 aromatic heterocycles. The molecule has 3 heteroatoms. The van der Waals surface area contributed by atoms with E-state index in [0.29, 0.717) is 0 Å². The molecule has 2 nitrogen and oxygen atoms in total. The molecule has 176 valence electrons. The first-order chi connectivity index (χ1) is 16.4. The van der Waals surface area contributed by atoms with Crippen LogP contribution in [-0.4, -0.2) is 21.2 Å². The first-order valence-corrected chi connectivity index (χ1v) is 14.3. The fraction of sp³-hybridized carbons (Fsp3) is 0.323. The number of rotatable bonds is 6. The van der Waals surface area contributed by atoms with Crippen molar-refractivity contribution in [1.82, 2.24) is 0 Å². The van der Waals surface area contributed by atoms with Crippen molar-refractivity contribution in [3.05, 3.63) is 108 Å². The normalized spacial score (nSPS) is 17.5. The van der Waals surface area contributed by atoms with E-state index in [4.69, 9.17) is 4.74 Å². The number of carbonyl (C=O) groups is 1. The first kappa shape index (κ1) is 24.2. The van der Waals surface area contributed by atoms with Crippen molar-refractivity contribution in [3.8, 4) is 0 Å². The second-order valence-electron chi connectivity index (χ2n) is 10.4. The van der Waals surface area contributed by atoms with Crippen LogP contribution in [0.4, 0.5) is 0 Å². The van der Waals surface area contributed by atoms with Crippen LogP contribution in [0.3, 0.4) is 0 Å². The third-order valence-corrected chi connectivity index (χ3v) is 13.5. The van der Waals surface area contributed by atoms with Gasteiger partial charge in [0.1, 0.15) is 8.07 Å². The highest BCUT2D eigenvalue weighted by atomic mass is 28.3. The molecule has 3 aromatic carbocycles. The largest absolute Gasteiger partial charge is 0.469 e. The summed E-state index contributed by atoms with van der Waals surface area (Å²) in [6, 6.07) is 32.4. The Morgan fingerprint density at radius 1 is 0.853 bits per heavy atom. The van der Waals surface area contributed by atoms with Gasteiger partial charge in [-0.1, -0.05) is 123 Å². The van der Waals surface area contributed by atoms with Crippen molar-refractivity contribution in [3.63, 3.8) is 0 Å². The Bertz CT molecular complexity index is 1070. The lowest BCUT2D eigenvalue weighted by atomic mass is 9.80. The summed E-state index contributed by atoms with van der Waals surface area (Å²) in [5.74, 6) is -0.295. The highest BCUT2D eigenvalue weighted by molar-refractivity contribution is 7.09. The van der Waals surface area contributed by atoms with Gasteiger partial charge < -0.3 is 4.74 Å². The summed E-state index contributed by atoms with van der Waals surface area (Å²) >= 11 is 0. The molecule has 1 aliphatic carbocycles. The molecule has 0 radical (unpaired) electrons. The van der Waals surface area contributed by atoms with Crippen molar-refractivity contribution < 1.29 is 9.53 Å². The van der Waals surface area contributed by atoms with Crippen molar-refractivity contribution in [2.75, 3.05) is 7.11 Å². The highest BCUT2D eigenvalue weighted by Crippen LogP contribution is 2.46. The number of carbonyl (C=O) groups excluding carboxylic acids is 1. The Morgan fingerprint density at radius 2 is 1.35 bits per heavy atom. The van der Waals surface area contributed by atoms with Gasteiger partial charge in [0.15, 0.2) is 0 Å². The maximum Gasteiger partial charge on any atom is 0.313 e. The average molecular weight is 469 g/mol. The molecule has 3 aromatic rings. The predicted molar refractivity (Wildman–Crippen MR) is 144 cm³/mol. The monoisotopic (exact) mass is 468 g/mol. The van der Waals surface area contributed by atoms with Gasteiger partial charge >= 0.3 is 5.97 Å². The van der Waals surface area contributed by atoms with Gasteiger partial charge in [0.2, 0.25) is 0 Å². The van der Waals surface area contributed by atoms with Crippen LogP contribution in [0.25, 0.3) is 0 Å². The van der Waals surface area contributed by atoms with E-state index in [9.17, 15) is 4.79 Å². The van der Waals surface area contributed by atoms with Gasteiger partial charge in [-0.05, 0) is 46.2 Å². The number of allylic oxidation sites excluding steroid dienone is 2. The molecular formula is C31H36O2Si. The van der Waals surface area contributed by atoms with E-state index >= 15 is 0 Å². The summed E-state index contributed by atoms with van der Waals surface area (Å²) < 4.78 is 5.32. The highest BCUT2D eigenvalue weighted by Gasteiger charge is 2.51. The van der Waals surface area contributed by atoms with Crippen LogP contribution in [0.2, 0.25) is 5.04 Å². The van der Waals surface area contributed by atoms with Gasteiger partial charge in [0.25, 0.3) is 0 Å². The first-order valence-electron chi connectivity index (χ1n) is 12.3. The summed E-state index contributed by atoms with van der Waals surface area (Å²) in [5.41, 5.74) is 1.04. The Labute approximate surface area is 205 Å². The molecule has 0 saturated heterocycles. The lowest BCUT2D eigenvalue weighted by Crippen LogP contribution is -2.66. The van der Waals surface area contributed by atoms with Crippen LogP contribution in [-0.2, 0) is 9.53 Å². The summed E-state index contributed by atoms with van der Waals surface area (Å²) in [7, 11) is -0.865. The summed E-state index contributed by atoms with van der Waals surface area (Å²) in [6.07, 6.45) is 5.64. The molecular weight excluding hydrogens is 432 g/mol. The number of hydrogen-bond donors (Lipinski definition) is 0. The van der Waals surface area contributed by atoms with E-state index in [1.165, 1.54) is 17.5 Å². The van der Waals surface area contributed by atoms with Gasteiger partial charge in [-0.25, -0.2) is 0 Å². The molecule has 1 aliphatic rings. The molecule has 0 saturated carbocycles. The number of ether oxygens (including phenoxy) is 1. The fourth-order valence-corrected chi connectivity index (χ4v) is 12.3. The SMILES string of the molecule is COC(=O)C(c1ccccc1)[C@@H]1C=C([Si](c2ccccc2)(c2ccccc2)C(C)(C)C)CCC1. The topological polar surface area (TPSA) is 26.3 Å². The van der Waals surface area contributed by atoms with Gasteiger partial charge in [-0.2, -0.15) is 0 Å². The van der Waals surface area contributed by atoms with E-state index in [1.807, 2.05) is 18.2 Å². The number of benzene rings is 3.